The van der Waals surface area contributed by atoms with Crippen molar-refractivity contribution in [3.05, 3.63) is 0 Å². The Morgan fingerprint density at radius 2 is 2.35 bits per heavy atom. The highest BCUT2D eigenvalue weighted by atomic mass is 16.5. The second-order valence-corrected chi connectivity index (χ2v) is 5.35. The van der Waals surface area contributed by atoms with Crippen molar-refractivity contribution in [2.45, 2.75) is 50.6 Å². The van der Waals surface area contributed by atoms with Crippen molar-refractivity contribution >= 4 is 5.97 Å². The Morgan fingerprint density at radius 3 is 3.06 bits per heavy atom. The second-order valence-electron chi connectivity index (χ2n) is 5.35. The average molecular weight is 240 g/mol. The molecule has 2 unspecified atom stereocenters. The molecule has 4 heteroatoms. The number of fused-ring (bicyclic) bond motifs is 1. The van der Waals surface area contributed by atoms with Gasteiger partial charge in [-0.25, -0.2) is 0 Å². The van der Waals surface area contributed by atoms with Gasteiger partial charge in [-0.3, -0.25) is 4.79 Å². The van der Waals surface area contributed by atoms with Gasteiger partial charge < -0.3 is 15.0 Å². The fraction of sp³-hybridized carbons (Fsp3) is 0.923. The molecule has 0 bridgehead atoms. The van der Waals surface area contributed by atoms with E-state index in [4.69, 9.17) is 4.74 Å². The van der Waals surface area contributed by atoms with Crippen LogP contribution >= 0.6 is 0 Å². The number of nitrogens with one attached hydrogen (secondary N) is 1. The molecule has 2 aliphatic rings. The average Bonchev–Trinajstić information content (AvgIpc) is 2.76. The van der Waals surface area contributed by atoms with Gasteiger partial charge in [-0.2, -0.15) is 0 Å². The lowest BCUT2D eigenvalue weighted by molar-refractivity contribution is -0.143. The lowest BCUT2D eigenvalue weighted by Crippen LogP contribution is -2.56. The van der Waals surface area contributed by atoms with E-state index in [1.54, 1.807) is 0 Å². The number of ether oxygens (including phenoxy) is 1. The van der Waals surface area contributed by atoms with Gasteiger partial charge >= 0.3 is 5.97 Å². The maximum Gasteiger partial charge on any atom is 0.307 e. The number of nitrogens with zero attached hydrogens (tertiary/aromatic N) is 1. The first-order valence-corrected chi connectivity index (χ1v) is 6.75. The van der Waals surface area contributed by atoms with E-state index in [1.165, 1.54) is 26.5 Å². The van der Waals surface area contributed by atoms with E-state index in [9.17, 15) is 4.79 Å². The third-order valence-corrected chi connectivity index (χ3v) is 4.27. The first-order valence-electron chi connectivity index (χ1n) is 6.75. The van der Waals surface area contributed by atoms with Crippen LogP contribution in [0.15, 0.2) is 0 Å². The van der Waals surface area contributed by atoms with Gasteiger partial charge in [0.25, 0.3) is 0 Å². The van der Waals surface area contributed by atoms with Crippen molar-refractivity contribution in [1.29, 1.82) is 0 Å². The summed E-state index contributed by atoms with van der Waals surface area (Å²) < 4.78 is 4.84. The molecular formula is C13H24N2O2. The van der Waals surface area contributed by atoms with Gasteiger partial charge in [0.2, 0.25) is 0 Å². The van der Waals surface area contributed by atoms with E-state index in [0.29, 0.717) is 12.5 Å². The van der Waals surface area contributed by atoms with Crippen molar-refractivity contribution in [1.82, 2.24) is 10.2 Å². The van der Waals surface area contributed by atoms with Gasteiger partial charge in [0.15, 0.2) is 0 Å². The summed E-state index contributed by atoms with van der Waals surface area (Å²) in [5.74, 6) is -0.0857. The molecule has 0 spiro atoms. The van der Waals surface area contributed by atoms with Crippen LogP contribution in [0.3, 0.4) is 0 Å². The van der Waals surface area contributed by atoms with Crippen LogP contribution in [0.4, 0.5) is 0 Å². The number of piperidine rings is 1. The summed E-state index contributed by atoms with van der Waals surface area (Å²) in [5, 5.41) is 3.55. The fourth-order valence-electron chi connectivity index (χ4n) is 3.44. The molecular weight excluding hydrogens is 216 g/mol. The zero-order valence-corrected chi connectivity index (χ0v) is 11.0. The molecule has 4 nitrogen and oxygen atoms in total. The largest absolute Gasteiger partial charge is 0.469 e. The van der Waals surface area contributed by atoms with Gasteiger partial charge in [0.05, 0.1) is 13.5 Å². The summed E-state index contributed by atoms with van der Waals surface area (Å²) >= 11 is 0. The lowest BCUT2D eigenvalue weighted by Gasteiger charge is -2.44. The number of esters is 1. The van der Waals surface area contributed by atoms with Crippen LogP contribution in [-0.2, 0) is 9.53 Å². The van der Waals surface area contributed by atoms with E-state index in [1.807, 2.05) is 0 Å². The summed E-state index contributed by atoms with van der Waals surface area (Å²) in [6, 6.07) is 0.674. The SMILES string of the molecule is CCNC1(CC(=O)OC)CCN2CCCC2C1. The van der Waals surface area contributed by atoms with Gasteiger partial charge in [-0.05, 0) is 38.8 Å². The van der Waals surface area contributed by atoms with Crippen LogP contribution in [0.25, 0.3) is 0 Å². The highest BCUT2D eigenvalue weighted by Crippen LogP contribution is 2.35. The highest BCUT2D eigenvalue weighted by molar-refractivity contribution is 5.70. The summed E-state index contributed by atoms with van der Waals surface area (Å²) in [5.41, 5.74) is -0.0205. The zero-order valence-electron chi connectivity index (χ0n) is 11.0. The van der Waals surface area contributed by atoms with Crippen molar-refractivity contribution in [2.24, 2.45) is 0 Å². The molecule has 1 N–H and O–H groups in total. The minimum atomic E-state index is -0.0857. The molecule has 0 saturated carbocycles. The zero-order chi connectivity index (χ0) is 12.3. The predicted octanol–water partition coefficient (Wildman–Crippen LogP) is 1.16. The highest BCUT2D eigenvalue weighted by Gasteiger charge is 2.42. The van der Waals surface area contributed by atoms with E-state index >= 15 is 0 Å². The molecule has 0 radical (unpaired) electrons. The van der Waals surface area contributed by atoms with Crippen LogP contribution in [0.2, 0.25) is 0 Å². The molecule has 0 aromatic rings. The smallest absolute Gasteiger partial charge is 0.307 e. The Kier molecular flexibility index (Phi) is 4.05. The summed E-state index contributed by atoms with van der Waals surface area (Å²) in [4.78, 5) is 14.2. The Hall–Kier alpha value is -0.610. The summed E-state index contributed by atoms with van der Waals surface area (Å²) in [7, 11) is 1.48. The number of carbonyl (C=O) groups excluding carboxylic acids is 1. The first kappa shape index (κ1) is 12.8. The molecule has 0 amide bonds. The topological polar surface area (TPSA) is 41.6 Å². The Labute approximate surface area is 104 Å². The molecule has 2 atom stereocenters. The Balaban J connectivity index is 2.03. The van der Waals surface area contributed by atoms with E-state index < -0.39 is 0 Å². The molecule has 2 fully saturated rings. The monoisotopic (exact) mass is 240 g/mol. The third kappa shape index (κ3) is 2.80. The van der Waals surface area contributed by atoms with Crippen LogP contribution in [0, 0.1) is 0 Å². The number of methoxy groups -OCH3 is 1. The number of hydrogen-bond acceptors (Lipinski definition) is 4. The van der Waals surface area contributed by atoms with E-state index in [-0.39, 0.29) is 11.5 Å². The van der Waals surface area contributed by atoms with Gasteiger partial charge in [0.1, 0.15) is 0 Å². The summed E-state index contributed by atoms with van der Waals surface area (Å²) in [6.45, 7) is 5.39. The number of carbonyl (C=O) groups is 1. The number of rotatable bonds is 4. The van der Waals surface area contributed by atoms with Gasteiger partial charge in [0, 0.05) is 18.1 Å². The minimum Gasteiger partial charge on any atom is -0.469 e. The lowest BCUT2D eigenvalue weighted by atomic mass is 9.80. The molecule has 2 saturated heterocycles. The number of hydrogen-bond donors (Lipinski definition) is 1. The van der Waals surface area contributed by atoms with E-state index in [0.717, 1.165) is 25.9 Å². The van der Waals surface area contributed by atoms with Crippen LogP contribution in [0.5, 0.6) is 0 Å². The maximum atomic E-state index is 11.6. The van der Waals surface area contributed by atoms with Gasteiger partial charge in [-0.15, -0.1) is 0 Å². The predicted molar refractivity (Wildman–Crippen MR) is 66.9 cm³/mol. The molecule has 17 heavy (non-hydrogen) atoms. The molecule has 2 aliphatic heterocycles. The third-order valence-electron chi connectivity index (χ3n) is 4.27. The normalized spacial score (nSPS) is 33.4. The fourth-order valence-corrected chi connectivity index (χ4v) is 3.44. The van der Waals surface area contributed by atoms with Crippen molar-refractivity contribution in [3.8, 4) is 0 Å². The van der Waals surface area contributed by atoms with Crippen molar-refractivity contribution < 1.29 is 9.53 Å². The standard InChI is InChI=1S/C13H24N2O2/c1-3-14-13(10-12(16)17-2)6-8-15-7-4-5-11(15)9-13/h11,14H,3-10H2,1-2H3. The molecule has 0 aliphatic carbocycles. The molecule has 0 aromatic heterocycles. The molecule has 98 valence electrons. The first-order chi connectivity index (χ1) is 8.19. The van der Waals surface area contributed by atoms with Crippen molar-refractivity contribution in [2.75, 3.05) is 26.7 Å². The Morgan fingerprint density at radius 1 is 1.53 bits per heavy atom. The van der Waals surface area contributed by atoms with Crippen molar-refractivity contribution in [3.63, 3.8) is 0 Å². The Bertz CT molecular complexity index is 283. The minimum absolute atomic E-state index is 0.0205. The van der Waals surface area contributed by atoms with Gasteiger partial charge in [-0.1, -0.05) is 6.92 Å². The summed E-state index contributed by atoms with van der Waals surface area (Å²) in [6.07, 6.45) is 5.27. The molecule has 2 heterocycles. The quantitative estimate of drug-likeness (QED) is 0.749. The van der Waals surface area contributed by atoms with E-state index in [2.05, 4.69) is 17.1 Å². The molecule has 0 aromatic carbocycles. The van der Waals surface area contributed by atoms with Crippen LogP contribution in [0.1, 0.15) is 39.0 Å². The second kappa shape index (κ2) is 5.36. The van der Waals surface area contributed by atoms with Crippen LogP contribution < -0.4 is 5.32 Å². The maximum absolute atomic E-state index is 11.6. The van der Waals surface area contributed by atoms with Crippen LogP contribution in [-0.4, -0.2) is 49.2 Å². The molecule has 2 rings (SSSR count).